The third-order valence-corrected chi connectivity index (χ3v) is 3.23. The fourth-order valence-electron chi connectivity index (χ4n) is 1.76. The molecule has 0 unspecified atom stereocenters. The van der Waals surface area contributed by atoms with Crippen molar-refractivity contribution >= 4 is 34.6 Å². The molecule has 2 rings (SSSR count). The number of nitrogens with one attached hydrogen (secondary N) is 1. The quantitative estimate of drug-likeness (QED) is 0.663. The number of nitrogen functional groups attached to an aromatic ring is 1. The number of aryl methyl sites for hydroxylation is 1. The summed E-state index contributed by atoms with van der Waals surface area (Å²) in [5.41, 5.74) is 6.71. The van der Waals surface area contributed by atoms with Crippen LogP contribution >= 0.6 is 11.6 Å². The number of nitro groups is 1. The van der Waals surface area contributed by atoms with Crippen molar-refractivity contribution in [3.63, 3.8) is 0 Å². The standard InChI is InChI=1S/C13H13ClN4O3/c1-7-5-9(11(21-2)6-8(7)14)16-13-10(18(19)20)3-4-12(15)17-13/h3-6H,1-2H3,(H3,15,16,17). The van der Waals surface area contributed by atoms with Crippen LogP contribution in [0.1, 0.15) is 5.56 Å². The monoisotopic (exact) mass is 308 g/mol. The average molecular weight is 309 g/mol. The zero-order chi connectivity index (χ0) is 15.6. The van der Waals surface area contributed by atoms with E-state index in [-0.39, 0.29) is 17.3 Å². The van der Waals surface area contributed by atoms with Crippen LogP contribution in [0.15, 0.2) is 24.3 Å². The van der Waals surface area contributed by atoms with Crippen molar-refractivity contribution in [2.24, 2.45) is 0 Å². The zero-order valence-corrected chi connectivity index (χ0v) is 12.1. The number of pyridine rings is 1. The molecule has 1 aromatic heterocycles. The van der Waals surface area contributed by atoms with E-state index in [1.165, 1.54) is 19.2 Å². The molecule has 0 spiro atoms. The van der Waals surface area contributed by atoms with E-state index >= 15 is 0 Å². The molecule has 0 aliphatic carbocycles. The van der Waals surface area contributed by atoms with E-state index in [4.69, 9.17) is 22.1 Å². The number of nitrogens with two attached hydrogens (primary N) is 1. The van der Waals surface area contributed by atoms with Crippen LogP contribution in [0.5, 0.6) is 5.75 Å². The first kappa shape index (κ1) is 14.9. The lowest BCUT2D eigenvalue weighted by Crippen LogP contribution is -2.03. The van der Waals surface area contributed by atoms with Gasteiger partial charge in [0.15, 0.2) is 0 Å². The largest absolute Gasteiger partial charge is 0.495 e. The first-order valence-electron chi connectivity index (χ1n) is 5.94. The second kappa shape index (κ2) is 5.84. The molecular formula is C13H13ClN4O3. The van der Waals surface area contributed by atoms with Gasteiger partial charge in [-0.3, -0.25) is 10.1 Å². The third kappa shape index (κ3) is 3.14. The van der Waals surface area contributed by atoms with Gasteiger partial charge in [0.1, 0.15) is 11.6 Å². The minimum Gasteiger partial charge on any atom is -0.495 e. The maximum Gasteiger partial charge on any atom is 0.311 e. The highest BCUT2D eigenvalue weighted by Crippen LogP contribution is 2.35. The molecule has 0 bridgehead atoms. The normalized spacial score (nSPS) is 10.2. The summed E-state index contributed by atoms with van der Waals surface area (Å²) in [6.45, 7) is 1.81. The minimum atomic E-state index is -0.538. The summed E-state index contributed by atoms with van der Waals surface area (Å²) in [5, 5.41) is 14.4. The number of nitrogens with zero attached hydrogens (tertiary/aromatic N) is 2. The number of benzene rings is 1. The van der Waals surface area contributed by atoms with Crippen LogP contribution in [-0.4, -0.2) is 17.0 Å². The van der Waals surface area contributed by atoms with E-state index in [1.54, 1.807) is 12.1 Å². The Hall–Kier alpha value is -2.54. The van der Waals surface area contributed by atoms with Gasteiger partial charge in [-0.2, -0.15) is 0 Å². The Morgan fingerprint density at radius 1 is 1.43 bits per heavy atom. The molecule has 0 fully saturated rings. The molecule has 1 heterocycles. The summed E-state index contributed by atoms with van der Waals surface area (Å²) in [7, 11) is 1.48. The maximum absolute atomic E-state index is 11.0. The summed E-state index contributed by atoms with van der Waals surface area (Å²) in [4.78, 5) is 14.4. The number of methoxy groups -OCH3 is 1. The predicted octanol–water partition coefficient (Wildman–Crippen LogP) is 3.29. The summed E-state index contributed by atoms with van der Waals surface area (Å²) in [5.74, 6) is 0.664. The number of anilines is 3. The lowest BCUT2D eigenvalue weighted by molar-refractivity contribution is -0.384. The number of aromatic nitrogens is 1. The van der Waals surface area contributed by atoms with Gasteiger partial charge in [-0.05, 0) is 24.6 Å². The number of hydrogen-bond acceptors (Lipinski definition) is 6. The van der Waals surface area contributed by atoms with Crippen molar-refractivity contribution in [2.75, 3.05) is 18.2 Å². The predicted molar refractivity (Wildman–Crippen MR) is 81.3 cm³/mol. The smallest absolute Gasteiger partial charge is 0.311 e. The second-order valence-corrected chi connectivity index (χ2v) is 4.69. The van der Waals surface area contributed by atoms with E-state index in [9.17, 15) is 10.1 Å². The molecule has 0 saturated heterocycles. The van der Waals surface area contributed by atoms with Gasteiger partial charge >= 0.3 is 5.69 Å². The first-order valence-corrected chi connectivity index (χ1v) is 6.32. The van der Waals surface area contributed by atoms with Crippen molar-refractivity contribution in [3.8, 4) is 5.75 Å². The van der Waals surface area contributed by atoms with Crippen LogP contribution in [0.2, 0.25) is 5.02 Å². The van der Waals surface area contributed by atoms with Gasteiger partial charge in [-0.25, -0.2) is 4.98 Å². The molecule has 3 N–H and O–H groups in total. The number of ether oxygens (including phenoxy) is 1. The molecule has 7 nitrogen and oxygen atoms in total. The van der Waals surface area contributed by atoms with Crippen LogP contribution in [0.25, 0.3) is 0 Å². The second-order valence-electron chi connectivity index (χ2n) is 4.29. The Bertz CT molecular complexity index is 706. The van der Waals surface area contributed by atoms with Crippen molar-refractivity contribution in [2.45, 2.75) is 6.92 Å². The van der Waals surface area contributed by atoms with Gasteiger partial charge in [-0.15, -0.1) is 0 Å². The third-order valence-electron chi connectivity index (χ3n) is 2.83. The van der Waals surface area contributed by atoms with Gasteiger partial charge in [0.25, 0.3) is 0 Å². The van der Waals surface area contributed by atoms with Gasteiger partial charge in [0.2, 0.25) is 5.82 Å². The maximum atomic E-state index is 11.0. The van der Waals surface area contributed by atoms with E-state index < -0.39 is 4.92 Å². The average Bonchev–Trinajstić information content (AvgIpc) is 2.42. The number of hydrogen-bond donors (Lipinski definition) is 2. The van der Waals surface area contributed by atoms with Gasteiger partial charge in [0, 0.05) is 17.2 Å². The Morgan fingerprint density at radius 2 is 2.14 bits per heavy atom. The fraction of sp³-hybridized carbons (Fsp3) is 0.154. The zero-order valence-electron chi connectivity index (χ0n) is 11.4. The van der Waals surface area contributed by atoms with E-state index in [0.29, 0.717) is 16.5 Å². The summed E-state index contributed by atoms with van der Waals surface area (Å²) < 4.78 is 5.21. The molecule has 1 aromatic carbocycles. The van der Waals surface area contributed by atoms with Crippen molar-refractivity contribution < 1.29 is 9.66 Å². The molecule has 0 radical (unpaired) electrons. The molecular weight excluding hydrogens is 296 g/mol. The molecule has 0 amide bonds. The fourth-order valence-corrected chi connectivity index (χ4v) is 1.92. The Morgan fingerprint density at radius 3 is 2.76 bits per heavy atom. The molecule has 8 heteroatoms. The van der Waals surface area contributed by atoms with Gasteiger partial charge in [-0.1, -0.05) is 11.6 Å². The van der Waals surface area contributed by atoms with E-state index in [2.05, 4.69) is 10.3 Å². The highest BCUT2D eigenvalue weighted by atomic mass is 35.5. The molecule has 0 aliphatic rings. The van der Waals surface area contributed by atoms with Gasteiger partial charge in [0.05, 0.1) is 17.7 Å². The summed E-state index contributed by atoms with van der Waals surface area (Å²) in [6, 6.07) is 6.00. The molecule has 21 heavy (non-hydrogen) atoms. The van der Waals surface area contributed by atoms with Crippen LogP contribution < -0.4 is 15.8 Å². The lowest BCUT2D eigenvalue weighted by Gasteiger charge is -2.13. The van der Waals surface area contributed by atoms with E-state index in [1.807, 2.05) is 6.92 Å². The van der Waals surface area contributed by atoms with Crippen molar-refractivity contribution in [1.29, 1.82) is 0 Å². The molecule has 110 valence electrons. The van der Waals surface area contributed by atoms with Crippen molar-refractivity contribution in [1.82, 2.24) is 4.98 Å². The number of halogens is 1. The molecule has 0 saturated carbocycles. The minimum absolute atomic E-state index is 0.0417. The highest BCUT2D eigenvalue weighted by molar-refractivity contribution is 6.31. The van der Waals surface area contributed by atoms with Crippen LogP contribution in [0.4, 0.5) is 23.0 Å². The SMILES string of the molecule is COc1cc(Cl)c(C)cc1Nc1nc(N)ccc1[N+](=O)[O-]. The Kier molecular flexibility index (Phi) is 4.13. The highest BCUT2D eigenvalue weighted by Gasteiger charge is 2.17. The van der Waals surface area contributed by atoms with E-state index in [0.717, 1.165) is 5.56 Å². The van der Waals surface area contributed by atoms with Gasteiger partial charge < -0.3 is 15.8 Å². The van der Waals surface area contributed by atoms with Crippen molar-refractivity contribution in [3.05, 3.63) is 45.0 Å². The number of rotatable bonds is 4. The summed E-state index contributed by atoms with van der Waals surface area (Å²) in [6.07, 6.45) is 0. The first-order chi connectivity index (χ1) is 9.92. The summed E-state index contributed by atoms with van der Waals surface area (Å²) >= 11 is 6.02. The molecule has 0 atom stereocenters. The molecule has 0 aliphatic heterocycles. The lowest BCUT2D eigenvalue weighted by atomic mass is 10.2. The van der Waals surface area contributed by atoms with Crippen LogP contribution in [0.3, 0.4) is 0 Å². The van der Waals surface area contributed by atoms with Crippen LogP contribution in [0, 0.1) is 17.0 Å². The topological polar surface area (TPSA) is 103 Å². The molecule has 2 aromatic rings. The van der Waals surface area contributed by atoms with Crippen LogP contribution in [-0.2, 0) is 0 Å². The Labute approximate surface area is 125 Å². The Balaban J connectivity index is 2.49.